The summed E-state index contributed by atoms with van der Waals surface area (Å²) in [5.74, 6) is -0.856. The van der Waals surface area contributed by atoms with Crippen LogP contribution in [0.2, 0.25) is 0 Å². The minimum Gasteiger partial charge on any atom is -0.462 e. The van der Waals surface area contributed by atoms with E-state index in [4.69, 9.17) is 18.9 Å². The largest absolute Gasteiger partial charge is 0.462 e. The molecule has 2 unspecified atom stereocenters. The maximum absolute atomic E-state index is 12.8. The number of carbonyl (C=O) groups excluding carboxylic acids is 2. The average molecular weight is 921 g/mol. The second kappa shape index (κ2) is 45.7. The number of aliphatic hydroxyl groups is 4. The molecule has 1 fully saturated rings. The van der Waals surface area contributed by atoms with Gasteiger partial charge in [0.25, 0.3) is 0 Å². The molecule has 380 valence electrons. The van der Waals surface area contributed by atoms with E-state index in [2.05, 4.69) is 50.3 Å². The minimum absolute atomic E-state index is 0.206. The third kappa shape index (κ3) is 36.6. The van der Waals surface area contributed by atoms with E-state index in [0.29, 0.717) is 12.8 Å². The fraction of sp³-hybridized carbons (Fsp3) is 0.855. The van der Waals surface area contributed by atoms with Gasteiger partial charge in [0.1, 0.15) is 31.0 Å². The Morgan fingerprint density at radius 1 is 0.477 bits per heavy atom. The van der Waals surface area contributed by atoms with Crippen LogP contribution in [0.25, 0.3) is 0 Å². The lowest BCUT2D eigenvalue weighted by atomic mass is 9.99. The van der Waals surface area contributed by atoms with Crippen LogP contribution in [-0.4, -0.2) is 89.0 Å². The molecule has 65 heavy (non-hydrogen) atoms. The lowest BCUT2D eigenvalue weighted by molar-refractivity contribution is -0.305. The lowest BCUT2D eigenvalue weighted by Crippen LogP contribution is -2.59. The summed E-state index contributed by atoms with van der Waals surface area (Å²) in [6, 6.07) is 0. The van der Waals surface area contributed by atoms with Gasteiger partial charge < -0.3 is 39.4 Å². The smallest absolute Gasteiger partial charge is 0.306 e. The number of aliphatic hydroxyl groups excluding tert-OH is 4. The second-order valence-electron chi connectivity index (χ2n) is 18.7. The van der Waals surface area contributed by atoms with Crippen LogP contribution in [0.5, 0.6) is 0 Å². The van der Waals surface area contributed by atoms with Gasteiger partial charge in [0.15, 0.2) is 12.4 Å². The first-order valence-corrected chi connectivity index (χ1v) is 27.1. The van der Waals surface area contributed by atoms with E-state index in [9.17, 15) is 30.0 Å². The van der Waals surface area contributed by atoms with Crippen LogP contribution in [-0.2, 0) is 28.5 Å². The topological polar surface area (TPSA) is 152 Å². The maximum atomic E-state index is 12.8. The molecular formula is C55H100O10. The quantitative estimate of drug-likeness (QED) is 0.0264. The molecule has 0 aromatic heterocycles. The van der Waals surface area contributed by atoms with Crippen molar-refractivity contribution in [3.8, 4) is 0 Å². The van der Waals surface area contributed by atoms with Crippen LogP contribution < -0.4 is 0 Å². The monoisotopic (exact) mass is 921 g/mol. The molecule has 0 bridgehead atoms. The summed E-state index contributed by atoms with van der Waals surface area (Å²) in [6.45, 7) is 3.41. The van der Waals surface area contributed by atoms with Crippen molar-refractivity contribution in [2.45, 2.75) is 282 Å². The number of esters is 2. The summed E-state index contributed by atoms with van der Waals surface area (Å²) in [7, 11) is 0. The zero-order chi connectivity index (χ0) is 47.3. The molecule has 1 aliphatic rings. The molecule has 0 aromatic rings. The van der Waals surface area contributed by atoms with Crippen LogP contribution in [0.1, 0.15) is 245 Å². The third-order valence-corrected chi connectivity index (χ3v) is 12.5. The van der Waals surface area contributed by atoms with Gasteiger partial charge >= 0.3 is 11.9 Å². The summed E-state index contributed by atoms with van der Waals surface area (Å²) in [6.07, 6.45) is 47.4. The molecule has 0 aromatic carbocycles. The van der Waals surface area contributed by atoms with Crippen LogP contribution in [0.4, 0.5) is 0 Å². The van der Waals surface area contributed by atoms with Gasteiger partial charge in [-0.3, -0.25) is 9.59 Å². The van der Waals surface area contributed by atoms with E-state index in [1.54, 1.807) is 0 Å². The average Bonchev–Trinajstić information content (AvgIpc) is 3.30. The number of allylic oxidation sites excluding steroid dienone is 6. The number of hydrogen-bond donors (Lipinski definition) is 4. The summed E-state index contributed by atoms with van der Waals surface area (Å²) in [4.78, 5) is 25.4. The van der Waals surface area contributed by atoms with Gasteiger partial charge in [0, 0.05) is 12.8 Å². The van der Waals surface area contributed by atoms with Crippen molar-refractivity contribution in [1.29, 1.82) is 0 Å². The summed E-state index contributed by atoms with van der Waals surface area (Å²) in [5.41, 5.74) is 0. The van der Waals surface area contributed by atoms with Crippen LogP contribution >= 0.6 is 0 Å². The standard InChI is InChI=1S/C55H100O10/c1-3-5-7-9-11-13-15-17-19-21-22-23-24-25-26-28-30-32-34-36-38-40-42-44-51(58)64-48(47-63-55-54(61)53(60)52(59)49(45-56)65-55)46-62-50(57)43-41-39-37-35-33-31-29-27-20-18-16-14-12-10-8-6-4-2/h18,20,29,31,35,37,48-49,52-56,59-61H,3-17,19,21-28,30,32-34,36,38-47H2,1-2H3/b20-18+,31-29+,37-35+/t48-,49-,52+,53?,54?,55-/m1/s1. The molecule has 0 radical (unpaired) electrons. The van der Waals surface area contributed by atoms with E-state index in [1.807, 2.05) is 0 Å². The van der Waals surface area contributed by atoms with Gasteiger partial charge in [0.2, 0.25) is 0 Å². The summed E-state index contributed by atoms with van der Waals surface area (Å²) >= 11 is 0. The van der Waals surface area contributed by atoms with Gasteiger partial charge in [-0.05, 0) is 44.9 Å². The zero-order valence-corrected chi connectivity index (χ0v) is 41.7. The van der Waals surface area contributed by atoms with Gasteiger partial charge in [-0.25, -0.2) is 0 Å². The summed E-state index contributed by atoms with van der Waals surface area (Å²) < 4.78 is 22.2. The minimum atomic E-state index is -1.60. The molecule has 0 spiro atoms. The van der Waals surface area contributed by atoms with E-state index < -0.39 is 55.4 Å². The molecule has 6 atom stereocenters. The predicted octanol–water partition coefficient (Wildman–Crippen LogP) is 13.0. The van der Waals surface area contributed by atoms with E-state index in [1.165, 1.54) is 161 Å². The molecule has 0 aliphatic carbocycles. The Kier molecular flexibility index (Phi) is 42.8. The Bertz CT molecular complexity index is 1160. The lowest BCUT2D eigenvalue weighted by Gasteiger charge is -2.39. The number of ether oxygens (including phenoxy) is 4. The molecule has 0 amide bonds. The van der Waals surface area contributed by atoms with E-state index in [0.717, 1.165) is 44.9 Å². The molecule has 4 N–H and O–H groups in total. The van der Waals surface area contributed by atoms with Crippen molar-refractivity contribution in [2.75, 3.05) is 19.8 Å². The first-order valence-electron chi connectivity index (χ1n) is 27.1. The first kappa shape index (κ1) is 60.9. The number of carbonyl (C=O) groups is 2. The summed E-state index contributed by atoms with van der Waals surface area (Å²) in [5, 5.41) is 40.2. The Hall–Kier alpha value is -2.08. The SMILES string of the molecule is CCCCCCCC/C=C/C/C=C/C/C=C/CCCC(=O)OC[C@H](CO[C@@H]1O[C@H](CO)[C@H](O)C(O)C1O)OC(=O)CCCCCCCCCCCCCCCCCCCCCCCCC. The van der Waals surface area contributed by atoms with Crippen LogP contribution in [0, 0.1) is 0 Å². The van der Waals surface area contributed by atoms with Crippen LogP contribution in [0.3, 0.4) is 0 Å². The van der Waals surface area contributed by atoms with Gasteiger partial charge in [-0.2, -0.15) is 0 Å². The molecule has 1 rings (SSSR count). The Balaban J connectivity index is 2.25. The highest BCUT2D eigenvalue weighted by molar-refractivity contribution is 5.70. The number of unbranched alkanes of at least 4 members (excludes halogenated alkanes) is 29. The molecule has 1 aliphatic heterocycles. The van der Waals surface area contributed by atoms with Gasteiger partial charge in [0.05, 0.1) is 13.2 Å². The second-order valence-corrected chi connectivity index (χ2v) is 18.7. The number of hydrogen-bond acceptors (Lipinski definition) is 10. The third-order valence-electron chi connectivity index (χ3n) is 12.5. The highest BCUT2D eigenvalue weighted by Gasteiger charge is 2.44. The molecular weight excluding hydrogens is 821 g/mol. The Labute approximate surface area is 397 Å². The Morgan fingerprint density at radius 3 is 1.34 bits per heavy atom. The maximum Gasteiger partial charge on any atom is 0.306 e. The predicted molar refractivity (Wildman–Crippen MR) is 266 cm³/mol. The fourth-order valence-electron chi connectivity index (χ4n) is 8.27. The first-order chi connectivity index (χ1) is 31.8. The molecule has 1 heterocycles. The molecule has 10 nitrogen and oxygen atoms in total. The molecule has 10 heteroatoms. The van der Waals surface area contributed by atoms with Gasteiger partial charge in [-0.15, -0.1) is 0 Å². The van der Waals surface area contributed by atoms with Gasteiger partial charge in [-0.1, -0.05) is 224 Å². The fourth-order valence-corrected chi connectivity index (χ4v) is 8.27. The van der Waals surface area contributed by atoms with Crippen molar-refractivity contribution in [3.63, 3.8) is 0 Å². The van der Waals surface area contributed by atoms with Crippen molar-refractivity contribution in [1.82, 2.24) is 0 Å². The van der Waals surface area contributed by atoms with Crippen molar-refractivity contribution in [2.24, 2.45) is 0 Å². The van der Waals surface area contributed by atoms with Crippen LogP contribution in [0.15, 0.2) is 36.5 Å². The molecule has 0 saturated carbocycles. The highest BCUT2D eigenvalue weighted by Crippen LogP contribution is 2.23. The zero-order valence-electron chi connectivity index (χ0n) is 41.7. The van der Waals surface area contributed by atoms with E-state index in [-0.39, 0.29) is 26.1 Å². The molecule has 1 saturated heterocycles. The van der Waals surface area contributed by atoms with Crippen molar-refractivity contribution < 1.29 is 49.0 Å². The van der Waals surface area contributed by atoms with Crippen molar-refractivity contribution >= 4 is 11.9 Å². The number of rotatable bonds is 46. The van der Waals surface area contributed by atoms with Crippen molar-refractivity contribution in [3.05, 3.63) is 36.5 Å². The highest BCUT2D eigenvalue weighted by atomic mass is 16.7. The normalized spacial score (nSPS) is 19.5. The van der Waals surface area contributed by atoms with E-state index >= 15 is 0 Å². The Morgan fingerprint density at radius 2 is 0.877 bits per heavy atom.